The number of carbonyl (C=O) groups excluding carboxylic acids is 1. The number of hydrogen-bond acceptors (Lipinski definition) is 4. The molecule has 1 heterocycles. The summed E-state index contributed by atoms with van der Waals surface area (Å²) < 4.78 is 32.1. The summed E-state index contributed by atoms with van der Waals surface area (Å²) in [6.45, 7) is 5.24. The minimum Gasteiger partial charge on any atom is -0.379 e. The van der Waals surface area contributed by atoms with Crippen LogP contribution in [0.5, 0.6) is 0 Å². The number of carbonyl (C=O) groups is 1. The molecule has 3 rings (SSSR count). The second-order valence-corrected chi connectivity index (χ2v) is 8.25. The minimum absolute atomic E-state index is 0.165. The molecule has 2 aromatic carbocycles. The lowest BCUT2D eigenvalue weighted by atomic mass is 10.1. The zero-order valence-corrected chi connectivity index (χ0v) is 15.7. The van der Waals surface area contributed by atoms with Gasteiger partial charge in [0.15, 0.2) is 0 Å². The highest BCUT2D eigenvalue weighted by atomic mass is 32.2. The van der Waals surface area contributed by atoms with Gasteiger partial charge in [-0.15, -0.1) is 0 Å². The second kappa shape index (κ2) is 7.57. The highest BCUT2D eigenvalue weighted by Gasteiger charge is 2.26. The molecule has 0 aromatic heterocycles. The van der Waals surface area contributed by atoms with Crippen molar-refractivity contribution in [1.82, 2.24) is 4.31 Å². The molecule has 0 atom stereocenters. The van der Waals surface area contributed by atoms with Crippen LogP contribution in [0.2, 0.25) is 0 Å². The van der Waals surface area contributed by atoms with Gasteiger partial charge in [-0.25, -0.2) is 8.42 Å². The predicted octanol–water partition coefficient (Wildman–Crippen LogP) is 2.58. The highest BCUT2D eigenvalue weighted by Crippen LogP contribution is 2.21. The second-order valence-electron chi connectivity index (χ2n) is 6.32. The lowest BCUT2D eigenvalue weighted by Gasteiger charge is -2.26. The summed E-state index contributed by atoms with van der Waals surface area (Å²) in [4.78, 5) is 12.7. The van der Waals surface area contributed by atoms with Gasteiger partial charge in [0.25, 0.3) is 5.91 Å². The first-order valence-electron chi connectivity index (χ1n) is 8.44. The van der Waals surface area contributed by atoms with Crippen molar-refractivity contribution in [1.29, 1.82) is 0 Å². The third-order valence-corrected chi connectivity index (χ3v) is 6.23. The number of aryl methyl sites for hydroxylation is 2. The van der Waals surface area contributed by atoms with Crippen LogP contribution >= 0.6 is 0 Å². The standard InChI is InChI=1S/C19H22N2O4S/c1-14-6-7-15(2)18(12-14)19(22)20-16-4-3-5-17(13-16)26(23,24)21-8-10-25-11-9-21/h3-7,12-13H,8-11H2,1-2H3,(H,20,22). The maximum Gasteiger partial charge on any atom is 0.255 e. The van der Waals surface area contributed by atoms with Gasteiger partial charge in [0, 0.05) is 24.3 Å². The summed E-state index contributed by atoms with van der Waals surface area (Å²) in [5.41, 5.74) is 2.88. The molecule has 0 aliphatic carbocycles. The molecular formula is C19H22N2O4S. The van der Waals surface area contributed by atoms with Crippen molar-refractivity contribution in [3.63, 3.8) is 0 Å². The van der Waals surface area contributed by atoms with E-state index in [4.69, 9.17) is 4.74 Å². The smallest absolute Gasteiger partial charge is 0.255 e. The zero-order valence-electron chi connectivity index (χ0n) is 14.9. The third kappa shape index (κ3) is 3.95. The Bertz CT molecular complexity index is 919. The Morgan fingerprint density at radius 3 is 2.54 bits per heavy atom. The largest absolute Gasteiger partial charge is 0.379 e. The predicted molar refractivity (Wildman–Crippen MR) is 99.9 cm³/mol. The summed E-state index contributed by atoms with van der Waals surface area (Å²) in [5, 5.41) is 2.80. The van der Waals surface area contributed by atoms with E-state index in [0.717, 1.165) is 11.1 Å². The molecular weight excluding hydrogens is 352 g/mol. The molecule has 1 N–H and O–H groups in total. The average Bonchev–Trinajstić information content (AvgIpc) is 2.64. The number of anilines is 1. The zero-order chi connectivity index (χ0) is 18.7. The Kier molecular flexibility index (Phi) is 5.41. The van der Waals surface area contributed by atoms with Crippen LogP contribution in [0.1, 0.15) is 21.5 Å². The molecule has 0 saturated carbocycles. The summed E-state index contributed by atoms with van der Waals surface area (Å²) >= 11 is 0. The van der Waals surface area contributed by atoms with Crippen molar-refractivity contribution >= 4 is 21.6 Å². The van der Waals surface area contributed by atoms with Crippen molar-refractivity contribution in [2.24, 2.45) is 0 Å². The number of benzene rings is 2. The number of amides is 1. The van der Waals surface area contributed by atoms with E-state index in [1.807, 2.05) is 32.0 Å². The van der Waals surface area contributed by atoms with Crippen molar-refractivity contribution in [3.8, 4) is 0 Å². The number of morpholine rings is 1. The number of nitrogens with one attached hydrogen (secondary N) is 1. The van der Waals surface area contributed by atoms with E-state index in [-0.39, 0.29) is 10.8 Å². The van der Waals surface area contributed by atoms with E-state index in [2.05, 4.69) is 5.32 Å². The molecule has 1 saturated heterocycles. The van der Waals surface area contributed by atoms with Crippen LogP contribution in [0.3, 0.4) is 0 Å². The van der Waals surface area contributed by atoms with Crippen LogP contribution in [0.4, 0.5) is 5.69 Å². The fourth-order valence-electron chi connectivity index (χ4n) is 2.85. The number of rotatable bonds is 4. The fraction of sp³-hybridized carbons (Fsp3) is 0.316. The van der Waals surface area contributed by atoms with Gasteiger partial charge in [0.05, 0.1) is 18.1 Å². The van der Waals surface area contributed by atoms with Gasteiger partial charge in [-0.2, -0.15) is 4.31 Å². The van der Waals surface area contributed by atoms with Gasteiger partial charge in [0.2, 0.25) is 10.0 Å². The molecule has 1 amide bonds. The average molecular weight is 374 g/mol. The molecule has 1 aliphatic rings. The normalized spacial score (nSPS) is 15.6. The maximum absolute atomic E-state index is 12.8. The van der Waals surface area contributed by atoms with Crippen LogP contribution in [0, 0.1) is 13.8 Å². The first kappa shape index (κ1) is 18.6. The van der Waals surface area contributed by atoms with E-state index in [1.54, 1.807) is 18.2 Å². The Hall–Kier alpha value is -2.22. The van der Waals surface area contributed by atoms with Gasteiger partial charge in [-0.3, -0.25) is 4.79 Å². The van der Waals surface area contributed by atoms with Crippen LogP contribution in [-0.4, -0.2) is 44.9 Å². The van der Waals surface area contributed by atoms with Gasteiger partial charge in [0.1, 0.15) is 0 Å². The topological polar surface area (TPSA) is 75.7 Å². The monoisotopic (exact) mass is 374 g/mol. The Balaban J connectivity index is 1.83. The summed E-state index contributed by atoms with van der Waals surface area (Å²) in [6.07, 6.45) is 0. The molecule has 26 heavy (non-hydrogen) atoms. The summed E-state index contributed by atoms with van der Waals surface area (Å²) in [6, 6.07) is 12.0. The molecule has 0 radical (unpaired) electrons. The van der Waals surface area contributed by atoms with E-state index in [9.17, 15) is 13.2 Å². The van der Waals surface area contributed by atoms with E-state index in [1.165, 1.54) is 10.4 Å². The molecule has 1 aliphatic heterocycles. The van der Waals surface area contributed by atoms with Crippen molar-refractivity contribution in [3.05, 3.63) is 59.2 Å². The van der Waals surface area contributed by atoms with Crippen molar-refractivity contribution in [2.45, 2.75) is 18.7 Å². The SMILES string of the molecule is Cc1ccc(C)c(C(=O)Nc2cccc(S(=O)(=O)N3CCOCC3)c2)c1. The third-order valence-electron chi connectivity index (χ3n) is 4.34. The fourth-order valence-corrected chi connectivity index (χ4v) is 4.30. The molecule has 7 heteroatoms. The first-order valence-corrected chi connectivity index (χ1v) is 9.88. The number of ether oxygens (including phenoxy) is 1. The Morgan fingerprint density at radius 2 is 1.81 bits per heavy atom. The van der Waals surface area contributed by atoms with E-state index < -0.39 is 10.0 Å². The molecule has 2 aromatic rings. The molecule has 1 fully saturated rings. The van der Waals surface area contributed by atoms with Crippen LogP contribution < -0.4 is 5.32 Å². The van der Waals surface area contributed by atoms with Gasteiger partial charge in [-0.1, -0.05) is 23.8 Å². The van der Waals surface area contributed by atoms with E-state index >= 15 is 0 Å². The molecule has 138 valence electrons. The van der Waals surface area contributed by atoms with Crippen molar-refractivity contribution in [2.75, 3.05) is 31.6 Å². The molecule has 0 unspecified atom stereocenters. The lowest BCUT2D eigenvalue weighted by Crippen LogP contribution is -2.40. The number of sulfonamides is 1. The maximum atomic E-state index is 12.8. The molecule has 6 nitrogen and oxygen atoms in total. The first-order chi connectivity index (χ1) is 12.4. The van der Waals surface area contributed by atoms with E-state index in [0.29, 0.717) is 37.6 Å². The summed E-state index contributed by atoms with van der Waals surface area (Å²) in [5.74, 6) is -0.257. The van der Waals surface area contributed by atoms with Crippen LogP contribution in [0.25, 0.3) is 0 Å². The van der Waals surface area contributed by atoms with Crippen LogP contribution in [0.15, 0.2) is 47.4 Å². The molecule has 0 bridgehead atoms. The minimum atomic E-state index is -3.60. The lowest BCUT2D eigenvalue weighted by molar-refractivity contribution is 0.0730. The Labute approximate surface area is 153 Å². The Morgan fingerprint density at radius 1 is 1.08 bits per heavy atom. The quantitative estimate of drug-likeness (QED) is 0.892. The molecule has 0 spiro atoms. The number of nitrogens with zero attached hydrogens (tertiary/aromatic N) is 1. The van der Waals surface area contributed by atoms with Crippen molar-refractivity contribution < 1.29 is 17.9 Å². The van der Waals surface area contributed by atoms with Gasteiger partial charge >= 0.3 is 0 Å². The number of hydrogen-bond donors (Lipinski definition) is 1. The van der Waals surface area contributed by atoms with Crippen LogP contribution in [-0.2, 0) is 14.8 Å². The van der Waals surface area contributed by atoms with Gasteiger partial charge in [-0.05, 0) is 43.7 Å². The van der Waals surface area contributed by atoms with Gasteiger partial charge < -0.3 is 10.1 Å². The highest BCUT2D eigenvalue weighted by molar-refractivity contribution is 7.89. The summed E-state index contributed by atoms with van der Waals surface area (Å²) in [7, 11) is -3.60.